The molecule has 0 fully saturated rings. The van der Waals surface area contributed by atoms with Crippen LogP contribution in [0.3, 0.4) is 0 Å². The van der Waals surface area contributed by atoms with Crippen LogP contribution in [-0.2, 0) is 4.79 Å². The van der Waals surface area contributed by atoms with Gasteiger partial charge in [-0.15, -0.1) is 0 Å². The molecule has 3 atom stereocenters. The molecule has 364 valence electrons. The molecule has 0 radical (unpaired) electrons. The van der Waals surface area contributed by atoms with Gasteiger partial charge in [0.25, 0.3) is 0 Å². The minimum atomic E-state index is -1.13. The van der Waals surface area contributed by atoms with Crippen molar-refractivity contribution in [2.75, 3.05) is 6.61 Å². The van der Waals surface area contributed by atoms with Crippen LogP contribution in [0, 0.1) is 0 Å². The van der Waals surface area contributed by atoms with Gasteiger partial charge in [0.1, 0.15) is 6.10 Å². The van der Waals surface area contributed by atoms with E-state index in [1.165, 1.54) is 257 Å². The Bertz CT molecular complexity index is 864. The van der Waals surface area contributed by atoms with Crippen molar-refractivity contribution in [3.8, 4) is 0 Å². The molecule has 5 nitrogen and oxygen atoms in total. The average molecular weight is 863 g/mol. The average Bonchev–Trinajstić information content (AvgIpc) is 3.26. The van der Waals surface area contributed by atoms with Crippen LogP contribution in [-0.4, -0.2) is 46.1 Å². The van der Waals surface area contributed by atoms with Crippen molar-refractivity contribution in [2.45, 2.75) is 334 Å². The van der Waals surface area contributed by atoms with Crippen LogP contribution in [0.2, 0.25) is 0 Å². The van der Waals surface area contributed by atoms with E-state index in [0.29, 0.717) is 12.8 Å². The Labute approximate surface area is 382 Å². The molecule has 61 heavy (non-hydrogen) atoms. The largest absolute Gasteiger partial charge is 0.394 e. The van der Waals surface area contributed by atoms with Crippen molar-refractivity contribution in [2.24, 2.45) is 0 Å². The van der Waals surface area contributed by atoms with Gasteiger partial charge in [0.05, 0.1) is 18.8 Å². The molecule has 0 aromatic rings. The summed E-state index contributed by atoms with van der Waals surface area (Å²) in [6, 6.07) is -0.807. The van der Waals surface area contributed by atoms with Gasteiger partial charge in [-0.25, -0.2) is 0 Å². The molecular formula is C56H111NO4. The Morgan fingerprint density at radius 2 is 0.656 bits per heavy atom. The molecule has 0 aliphatic carbocycles. The molecule has 0 aliphatic heterocycles. The van der Waals surface area contributed by atoms with Gasteiger partial charge in [-0.1, -0.05) is 283 Å². The van der Waals surface area contributed by atoms with Crippen molar-refractivity contribution in [1.82, 2.24) is 5.32 Å². The van der Waals surface area contributed by atoms with E-state index in [9.17, 15) is 20.1 Å². The number of hydrogen-bond donors (Lipinski definition) is 4. The molecule has 3 unspecified atom stereocenters. The third-order valence-corrected chi connectivity index (χ3v) is 13.4. The monoisotopic (exact) mass is 862 g/mol. The predicted molar refractivity (Wildman–Crippen MR) is 269 cm³/mol. The quantitative estimate of drug-likeness (QED) is 0.0362. The fraction of sp³-hybridized carbons (Fsp3) is 0.946. The summed E-state index contributed by atoms with van der Waals surface area (Å²) in [4.78, 5) is 12.5. The van der Waals surface area contributed by atoms with Crippen molar-refractivity contribution < 1.29 is 20.1 Å². The van der Waals surface area contributed by atoms with Crippen molar-refractivity contribution in [1.29, 1.82) is 0 Å². The summed E-state index contributed by atoms with van der Waals surface area (Å²) >= 11 is 0. The maximum absolute atomic E-state index is 12.5. The van der Waals surface area contributed by atoms with Gasteiger partial charge >= 0.3 is 0 Å². The number of hydrogen-bond acceptors (Lipinski definition) is 4. The van der Waals surface area contributed by atoms with Crippen LogP contribution in [0.15, 0.2) is 12.2 Å². The highest BCUT2D eigenvalue weighted by atomic mass is 16.3. The summed E-state index contributed by atoms with van der Waals surface area (Å²) in [6.45, 7) is 4.22. The second kappa shape index (κ2) is 51.7. The molecule has 0 bridgehead atoms. The number of unbranched alkanes of at least 4 members (excludes halogenated alkanes) is 42. The second-order valence-corrected chi connectivity index (χ2v) is 19.5. The Hall–Kier alpha value is -0.910. The molecule has 0 spiro atoms. The van der Waals surface area contributed by atoms with Gasteiger partial charge in [0.15, 0.2) is 0 Å². The van der Waals surface area contributed by atoms with Crippen molar-refractivity contribution >= 4 is 5.91 Å². The summed E-state index contributed by atoms with van der Waals surface area (Å²) in [7, 11) is 0. The first-order chi connectivity index (χ1) is 30.1. The lowest BCUT2D eigenvalue weighted by molar-refractivity contribution is -0.124. The highest BCUT2D eigenvalue weighted by molar-refractivity contribution is 5.76. The zero-order chi connectivity index (χ0) is 44.4. The molecule has 4 N–H and O–H groups in total. The van der Waals surface area contributed by atoms with Gasteiger partial charge in [-0.05, 0) is 38.5 Å². The van der Waals surface area contributed by atoms with Gasteiger partial charge in [-0.3, -0.25) is 4.79 Å². The normalized spacial score (nSPS) is 13.3. The maximum atomic E-state index is 12.5. The smallest absolute Gasteiger partial charge is 0.220 e. The van der Waals surface area contributed by atoms with Gasteiger partial charge in [0.2, 0.25) is 5.91 Å². The van der Waals surface area contributed by atoms with E-state index in [0.717, 1.165) is 32.1 Å². The second-order valence-electron chi connectivity index (χ2n) is 19.5. The molecule has 1 amide bonds. The highest BCUT2D eigenvalue weighted by Gasteiger charge is 2.26. The highest BCUT2D eigenvalue weighted by Crippen LogP contribution is 2.18. The summed E-state index contributed by atoms with van der Waals surface area (Å²) in [5.74, 6) is -0.139. The lowest BCUT2D eigenvalue weighted by Gasteiger charge is -2.26. The molecule has 0 heterocycles. The minimum Gasteiger partial charge on any atom is -0.394 e. The third-order valence-electron chi connectivity index (χ3n) is 13.4. The Morgan fingerprint density at radius 3 is 0.951 bits per heavy atom. The van der Waals surface area contributed by atoms with E-state index in [1.807, 2.05) is 0 Å². The lowest BCUT2D eigenvalue weighted by Crippen LogP contribution is -2.50. The maximum Gasteiger partial charge on any atom is 0.220 e. The van der Waals surface area contributed by atoms with E-state index >= 15 is 0 Å². The molecule has 0 rings (SSSR count). The Balaban J connectivity index is 3.51. The standard InChI is InChI=1S/C56H111NO4/c1-3-5-7-9-11-13-15-17-19-21-23-24-25-26-27-28-29-30-31-33-35-37-39-41-43-45-47-49-51-55(60)57-53(52-58)56(61)54(59)50-48-46-44-42-40-38-36-34-32-22-20-18-16-14-12-10-8-6-4-2/h26-27,53-54,56,58-59,61H,3-25,28-52H2,1-2H3,(H,57,60)/b27-26-. The van der Waals surface area contributed by atoms with E-state index in [2.05, 4.69) is 31.3 Å². The molecule has 5 heteroatoms. The Kier molecular flexibility index (Phi) is 51.0. The lowest BCUT2D eigenvalue weighted by atomic mass is 9.99. The molecule has 0 saturated heterocycles. The van der Waals surface area contributed by atoms with E-state index in [4.69, 9.17) is 0 Å². The number of aliphatic hydroxyl groups excluding tert-OH is 3. The van der Waals surface area contributed by atoms with Crippen LogP contribution in [0.25, 0.3) is 0 Å². The molecule has 0 saturated carbocycles. The number of carbonyl (C=O) groups excluding carboxylic acids is 1. The molecular weight excluding hydrogens is 751 g/mol. The van der Waals surface area contributed by atoms with Gasteiger partial charge in [0, 0.05) is 6.42 Å². The van der Waals surface area contributed by atoms with Gasteiger partial charge in [-0.2, -0.15) is 0 Å². The van der Waals surface area contributed by atoms with Crippen LogP contribution in [0.4, 0.5) is 0 Å². The number of carbonyl (C=O) groups is 1. The molecule has 0 aromatic heterocycles. The van der Waals surface area contributed by atoms with Crippen molar-refractivity contribution in [3.63, 3.8) is 0 Å². The minimum absolute atomic E-state index is 0.139. The van der Waals surface area contributed by atoms with E-state index in [-0.39, 0.29) is 12.5 Å². The zero-order valence-electron chi connectivity index (χ0n) is 41.6. The summed E-state index contributed by atoms with van der Waals surface area (Å²) in [5.41, 5.74) is 0. The van der Waals surface area contributed by atoms with Crippen LogP contribution in [0.5, 0.6) is 0 Å². The van der Waals surface area contributed by atoms with Crippen LogP contribution >= 0.6 is 0 Å². The number of nitrogens with one attached hydrogen (secondary N) is 1. The number of rotatable bonds is 52. The topological polar surface area (TPSA) is 89.8 Å². The fourth-order valence-electron chi connectivity index (χ4n) is 9.04. The summed E-state index contributed by atoms with van der Waals surface area (Å²) in [6.07, 6.45) is 63.6. The van der Waals surface area contributed by atoms with E-state index in [1.54, 1.807) is 0 Å². The molecule has 0 aliphatic rings. The fourth-order valence-corrected chi connectivity index (χ4v) is 9.04. The van der Waals surface area contributed by atoms with Crippen molar-refractivity contribution in [3.05, 3.63) is 12.2 Å². The first-order valence-corrected chi connectivity index (χ1v) is 28.0. The molecule has 0 aromatic carbocycles. The summed E-state index contributed by atoms with van der Waals surface area (Å²) in [5, 5.41) is 33.8. The number of allylic oxidation sites excluding steroid dienone is 2. The first kappa shape index (κ1) is 60.1. The number of amides is 1. The predicted octanol–water partition coefficient (Wildman–Crippen LogP) is 17.1. The first-order valence-electron chi connectivity index (χ1n) is 28.0. The van der Waals surface area contributed by atoms with Crippen LogP contribution < -0.4 is 5.32 Å². The zero-order valence-corrected chi connectivity index (χ0v) is 41.6. The summed E-state index contributed by atoms with van der Waals surface area (Å²) < 4.78 is 0. The van der Waals surface area contributed by atoms with Crippen LogP contribution in [0.1, 0.15) is 316 Å². The van der Waals surface area contributed by atoms with Gasteiger partial charge < -0.3 is 20.6 Å². The van der Waals surface area contributed by atoms with E-state index < -0.39 is 18.2 Å². The third kappa shape index (κ3) is 46.9. The Morgan fingerprint density at radius 1 is 0.393 bits per heavy atom. The SMILES string of the molecule is CCCCCCCCCCCCCC/C=C\CCCCCCCCCCCCCCC(=O)NC(CO)C(O)C(O)CCCCCCCCCCCCCCCCCCCCC. The number of aliphatic hydroxyl groups is 3.